The Kier molecular flexibility index (Phi) is 5.03. The summed E-state index contributed by atoms with van der Waals surface area (Å²) in [6, 6.07) is 6.46. The Hall–Kier alpha value is -0.580. The fourth-order valence-electron chi connectivity index (χ4n) is 2.46. The van der Waals surface area contributed by atoms with Crippen LogP contribution < -0.4 is 10.2 Å². The van der Waals surface area contributed by atoms with Crippen LogP contribution >= 0.6 is 15.9 Å². The maximum absolute atomic E-state index is 9.24. The van der Waals surface area contributed by atoms with Crippen molar-refractivity contribution in [3.05, 3.63) is 28.2 Å². The summed E-state index contributed by atoms with van der Waals surface area (Å²) in [4.78, 5) is 2.39. The highest BCUT2D eigenvalue weighted by atomic mass is 79.9. The topological polar surface area (TPSA) is 35.5 Å². The van der Waals surface area contributed by atoms with E-state index in [1.165, 1.54) is 11.3 Å². The zero-order valence-corrected chi connectivity index (χ0v) is 12.4. The summed E-state index contributed by atoms with van der Waals surface area (Å²) in [7, 11) is 0. The van der Waals surface area contributed by atoms with Gasteiger partial charge in [0.05, 0.1) is 0 Å². The van der Waals surface area contributed by atoms with Crippen molar-refractivity contribution in [3.63, 3.8) is 0 Å². The van der Waals surface area contributed by atoms with Gasteiger partial charge in [-0.3, -0.25) is 0 Å². The Balaban J connectivity index is 2.16. The average Bonchev–Trinajstić information content (AvgIpc) is 2.85. The standard InChI is InChI=1S/C14H21BrN2O/c1-2-16-8-12-7-13(15)3-4-14(12)17-6-5-11(9-17)10-18/h3-4,7,11,16,18H,2,5-6,8-10H2,1H3. The van der Waals surface area contributed by atoms with Crippen LogP contribution in [0, 0.1) is 5.92 Å². The van der Waals surface area contributed by atoms with Gasteiger partial charge >= 0.3 is 0 Å². The number of aliphatic hydroxyl groups excluding tert-OH is 1. The van der Waals surface area contributed by atoms with Crippen molar-refractivity contribution in [2.75, 3.05) is 31.1 Å². The van der Waals surface area contributed by atoms with Gasteiger partial charge in [-0.05, 0) is 36.7 Å². The van der Waals surface area contributed by atoms with Gasteiger partial charge < -0.3 is 15.3 Å². The van der Waals surface area contributed by atoms with E-state index < -0.39 is 0 Å². The number of nitrogens with one attached hydrogen (secondary N) is 1. The van der Waals surface area contributed by atoms with E-state index in [2.05, 4.69) is 51.3 Å². The van der Waals surface area contributed by atoms with Crippen molar-refractivity contribution in [1.29, 1.82) is 0 Å². The molecule has 1 aromatic rings. The molecule has 1 aliphatic rings. The first-order valence-corrected chi connectivity index (χ1v) is 7.38. The average molecular weight is 313 g/mol. The molecule has 0 aromatic heterocycles. The quantitative estimate of drug-likeness (QED) is 0.876. The number of anilines is 1. The highest BCUT2D eigenvalue weighted by Crippen LogP contribution is 2.29. The molecule has 100 valence electrons. The zero-order valence-electron chi connectivity index (χ0n) is 10.8. The first-order valence-electron chi connectivity index (χ1n) is 6.59. The monoisotopic (exact) mass is 312 g/mol. The fraction of sp³-hybridized carbons (Fsp3) is 0.571. The van der Waals surface area contributed by atoms with Crippen LogP contribution in [0.3, 0.4) is 0 Å². The highest BCUT2D eigenvalue weighted by molar-refractivity contribution is 9.10. The molecular formula is C14H21BrN2O. The van der Waals surface area contributed by atoms with Crippen molar-refractivity contribution in [1.82, 2.24) is 5.32 Å². The molecule has 0 amide bonds. The van der Waals surface area contributed by atoms with Crippen molar-refractivity contribution >= 4 is 21.6 Å². The molecular weight excluding hydrogens is 292 g/mol. The second-order valence-corrected chi connectivity index (χ2v) is 5.75. The summed E-state index contributed by atoms with van der Waals surface area (Å²) in [5.74, 6) is 0.431. The molecule has 4 heteroatoms. The second kappa shape index (κ2) is 6.55. The highest BCUT2D eigenvalue weighted by Gasteiger charge is 2.23. The van der Waals surface area contributed by atoms with Gasteiger partial charge in [0.2, 0.25) is 0 Å². The lowest BCUT2D eigenvalue weighted by atomic mass is 10.1. The molecule has 3 nitrogen and oxygen atoms in total. The molecule has 1 atom stereocenters. The summed E-state index contributed by atoms with van der Waals surface area (Å²) in [5, 5.41) is 12.6. The minimum Gasteiger partial charge on any atom is -0.396 e. The number of nitrogens with zero attached hydrogens (tertiary/aromatic N) is 1. The van der Waals surface area contributed by atoms with Gasteiger partial charge in [-0.15, -0.1) is 0 Å². The molecule has 0 saturated carbocycles. The molecule has 1 aromatic carbocycles. The van der Waals surface area contributed by atoms with Crippen LogP contribution in [0.2, 0.25) is 0 Å². The van der Waals surface area contributed by atoms with E-state index in [1.54, 1.807) is 0 Å². The maximum Gasteiger partial charge on any atom is 0.0476 e. The van der Waals surface area contributed by atoms with Gasteiger partial charge in [-0.2, -0.15) is 0 Å². The smallest absolute Gasteiger partial charge is 0.0476 e. The summed E-state index contributed by atoms with van der Waals surface area (Å²) in [6.07, 6.45) is 1.09. The van der Waals surface area contributed by atoms with Crippen LogP contribution in [0.1, 0.15) is 18.9 Å². The largest absolute Gasteiger partial charge is 0.396 e. The van der Waals surface area contributed by atoms with E-state index in [1.807, 2.05) is 0 Å². The fourth-order valence-corrected chi connectivity index (χ4v) is 2.87. The third kappa shape index (κ3) is 3.25. The van der Waals surface area contributed by atoms with Crippen molar-refractivity contribution in [2.45, 2.75) is 19.9 Å². The van der Waals surface area contributed by atoms with E-state index in [0.717, 1.165) is 37.1 Å². The van der Waals surface area contributed by atoms with Crippen molar-refractivity contribution in [2.24, 2.45) is 5.92 Å². The number of aliphatic hydroxyl groups is 1. The zero-order chi connectivity index (χ0) is 13.0. The minimum absolute atomic E-state index is 0.301. The number of hydrogen-bond donors (Lipinski definition) is 2. The van der Waals surface area contributed by atoms with E-state index >= 15 is 0 Å². The Morgan fingerprint density at radius 2 is 2.33 bits per heavy atom. The molecule has 1 fully saturated rings. The van der Waals surface area contributed by atoms with Crippen LogP contribution in [0.25, 0.3) is 0 Å². The normalized spacial score (nSPS) is 19.5. The minimum atomic E-state index is 0.301. The van der Waals surface area contributed by atoms with E-state index in [0.29, 0.717) is 12.5 Å². The van der Waals surface area contributed by atoms with Crippen molar-refractivity contribution in [3.8, 4) is 0 Å². The predicted molar refractivity (Wildman–Crippen MR) is 78.9 cm³/mol. The van der Waals surface area contributed by atoms with Gasteiger partial charge in [0, 0.05) is 42.3 Å². The summed E-state index contributed by atoms with van der Waals surface area (Å²) in [6.45, 7) is 6.31. The maximum atomic E-state index is 9.24. The lowest BCUT2D eigenvalue weighted by molar-refractivity contribution is 0.238. The van der Waals surface area contributed by atoms with E-state index in [9.17, 15) is 5.11 Å². The summed E-state index contributed by atoms with van der Waals surface area (Å²) in [5.41, 5.74) is 2.62. The number of rotatable bonds is 5. The number of benzene rings is 1. The molecule has 1 heterocycles. The van der Waals surface area contributed by atoms with Crippen LogP contribution in [-0.2, 0) is 6.54 Å². The predicted octanol–water partition coefficient (Wildman–Crippen LogP) is 2.38. The Morgan fingerprint density at radius 1 is 1.50 bits per heavy atom. The third-order valence-corrected chi connectivity index (χ3v) is 3.98. The Bertz CT molecular complexity index is 397. The van der Waals surface area contributed by atoms with Crippen LogP contribution in [0.15, 0.2) is 22.7 Å². The first-order chi connectivity index (χ1) is 8.74. The lowest BCUT2D eigenvalue weighted by Crippen LogP contribution is -2.23. The van der Waals surface area contributed by atoms with Gasteiger partial charge in [0.25, 0.3) is 0 Å². The molecule has 0 bridgehead atoms. The molecule has 1 unspecified atom stereocenters. The Labute approximate surface area is 117 Å². The number of halogens is 1. The van der Waals surface area contributed by atoms with Gasteiger partial charge in [0.1, 0.15) is 0 Å². The molecule has 0 spiro atoms. The van der Waals surface area contributed by atoms with E-state index in [-0.39, 0.29) is 0 Å². The molecule has 0 radical (unpaired) electrons. The van der Waals surface area contributed by atoms with Crippen molar-refractivity contribution < 1.29 is 5.11 Å². The second-order valence-electron chi connectivity index (χ2n) is 4.84. The Morgan fingerprint density at radius 3 is 3.00 bits per heavy atom. The van der Waals surface area contributed by atoms with Crippen LogP contribution in [0.5, 0.6) is 0 Å². The molecule has 2 N–H and O–H groups in total. The number of hydrogen-bond acceptors (Lipinski definition) is 3. The molecule has 1 saturated heterocycles. The molecule has 1 aliphatic heterocycles. The lowest BCUT2D eigenvalue weighted by Gasteiger charge is -2.22. The summed E-state index contributed by atoms with van der Waals surface area (Å²) >= 11 is 3.54. The molecule has 18 heavy (non-hydrogen) atoms. The van der Waals surface area contributed by atoms with Crippen LogP contribution in [-0.4, -0.2) is 31.3 Å². The first kappa shape index (κ1) is 13.8. The summed E-state index contributed by atoms with van der Waals surface area (Å²) < 4.78 is 1.12. The van der Waals surface area contributed by atoms with E-state index in [4.69, 9.17) is 0 Å². The molecule has 0 aliphatic carbocycles. The third-order valence-electron chi connectivity index (χ3n) is 3.49. The SMILES string of the molecule is CCNCc1cc(Br)ccc1N1CCC(CO)C1. The van der Waals surface area contributed by atoms with Gasteiger partial charge in [-0.1, -0.05) is 22.9 Å². The van der Waals surface area contributed by atoms with Crippen LogP contribution in [0.4, 0.5) is 5.69 Å². The van der Waals surface area contributed by atoms with Gasteiger partial charge in [-0.25, -0.2) is 0 Å². The molecule has 2 rings (SSSR count). The van der Waals surface area contributed by atoms with Gasteiger partial charge in [0.15, 0.2) is 0 Å².